The smallest absolute Gasteiger partial charge is 0.335 e. The lowest BCUT2D eigenvalue weighted by Gasteiger charge is -2.33. The number of hydrogen-bond acceptors (Lipinski definition) is 8. The van der Waals surface area contributed by atoms with Crippen molar-refractivity contribution in [2.24, 2.45) is 5.73 Å². The van der Waals surface area contributed by atoms with E-state index in [4.69, 9.17) is 16.2 Å². The van der Waals surface area contributed by atoms with E-state index in [1.54, 1.807) is 39.8 Å². The van der Waals surface area contributed by atoms with E-state index in [1.807, 2.05) is 36.4 Å². The number of fused-ring (bicyclic) bond motifs is 1. The number of benzene rings is 2. The minimum atomic E-state index is -0.573. The Balaban J connectivity index is 1.34. The van der Waals surface area contributed by atoms with Crippen LogP contribution in [0.2, 0.25) is 0 Å². The summed E-state index contributed by atoms with van der Waals surface area (Å²) in [4.78, 5) is 37.4. The van der Waals surface area contributed by atoms with Crippen LogP contribution in [0.3, 0.4) is 0 Å². The number of piperidine rings is 1. The van der Waals surface area contributed by atoms with Crippen molar-refractivity contribution in [2.75, 3.05) is 18.8 Å². The molecule has 1 atom stereocenters. The zero-order chi connectivity index (χ0) is 27.9. The van der Waals surface area contributed by atoms with Crippen molar-refractivity contribution in [2.45, 2.75) is 37.3 Å². The van der Waals surface area contributed by atoms with Gasteiger partial charge in [0, 0.05) is 18.6 Å². The van der Waals surface area contributed by atoms with Crippen LogP contribution < -0.4 is 21.9 Å². The molecule has 1 saturated heterocycles. The summed E-state index contributed by atoms with van der Waals surface area (Å²) in [6.07, 6.45) is 5.73. The molecule has 40 heavy (non-hydrogen) atoms. The van der Waals surface area contributed by atoms with Gasteiger partial charge in [-0.15, -0.1) is 0 Å². The summed E-state index contributed by atoms with van der Waals surface area (Å²) in [5, 5.41) is 9.63. The molecule has 2 aromatic heterocycles. The number of para-hydroxylation sites is 1. The number of nitriles is 1. The van der Waals surface area contributed by atoms with E-state index in [1.165, 1.54) is 10.9 Å². The maximum absolute atomic E-state index is 14.0. The van der Waals surface area contributed by atoms with Crippen LogP contribution in [-0.2, 0) is 4.79 Å². The molecule has 1 unspecified atom stereocenters. The second-order valence-electron chi connectivity index (χ2n) is 10.3. The number of hydrogen-bond donors (Lipinski definition) is 2. The number of carbonyl (C=O) groups is 1. The molecular weight excluding hydrogens is 508 g/mol. The highest BCUT2D eigenvalue weighted by Crippen LogP contribution is 2.35. The average Bonchev–Trinajstić information content (AvgIpc) is 3.62. The van der Waals surface area contributed by atoms with Crippen LogP contribution in [0.15, 0.2) is 77.4 Å². The maximum Gasteiger partial charge on any atom is 0.335 e. The number of amides is 1. The SMILES string of the molecule is N#CC(=CC1(N)CC1)C(=O)N1CCCC(n2c(=O)n(-c3ccc(Oc4ccccc4)cc3)c3c(N)ncnc32)C1. The highest BCUT2D eigenvalue weighted by atomic mass is 16.5. The number of aromatic nitrogens is 4. The molecule has 0 spiro atoms. The lowest BCUT2D eigenvalue weighted by atomic mass is 10.0. The van der Waals surface area contributed by atoms with Gasteiger partial charge in [0.05, 0.1) is 11.7 Å². The maximum atomic E-state index is 14.0. The molecule has 4 N–H and O–H groups in total. The van der Waals surface area contributed by atoms with E-state index in [2.05, 4.69) is 9.97 Å². The average molecular weight is 537 g/mol. The molecule has 11 heteroatoms. The Hall–Kier alpha value is -4.95. The fourth-order valence-electron chi connectivity index (χ4n) is 5.16. The van der Waals surface area contributed by atoms with E-state index in [0.29, 0.717) is 47.7 Å². The molecule has 1 amide bonds. The summed E-state index contributed by atoms with van der Waals surface area (Å²) < 4.78 is 8.97. The van der Waals surface area contributed by atoms with E-state index >= 15 is 0 Å². The van der Waals surface area contributed by atoms with Crippen molar-refractivity contribution >= 4 is 22.9 Å². The zero-order valence-electron chi connectivity index (χ0n) is 21.7. The summed E-state index contributed by atoms with van der Waals surface area (Å²) >= 11 is 0. The van der Waals surface area contributed by atoms with Crippen molar-refractivity contribution in [3.63, 3.8) is 0 Å². The monoisotopic (exact) mass is 536 g/mol. The summed E-state index contributed by atoms with van der Waals surface area (Å²) in [5.41, 5.74) is 12.9. The largest absolute Gasteiger partial charge is 0.457 e. The van der Waals surface area contributed by atoms with Crippen LogP contribution in [0.1, 0.15) is 31.7 Å². The van der Waals surface area contributed by atoms with Crippen molar-refractivity contribution in [3.8, 4) is 23.3 Å². The molecule has 1 aliphatic carbocycles. The predicted octanol–water partition coefficient (Wildman–Crippen LogP) is 3.06. The topological polar surface area (TPSA) is 158 Å². The van der Waals surface area contributed by atoms with Crippen molar-refractivity contribution < 1.29 is 9.53 Å². The molecule has 2 aliphatic rings. The van der Waals surface area contributed by atoms with Gasteiger partial charge in [-0.1, -0.05) is 18.2 Å². The van der Waals surface area contributed by atoms with Gasteiger partial charge in [0.25, 0.3) is 5.91 Å². The van der Waals surface area contributed by atoms with Crippen LogP contribution in [0.25, 0.3) is 16.9 Å². The van der Waals surface area contributed by atoms with Gasteiger partial charge in [-0.25, -0.2) is 14.8 Å². The third-order valence-electron chi connectivity index (χ3n) is 7.41. The molecule has 2 fully saturated rings. The fraction of sp³-hybridized carbons (Fsp3) is 0.276. The number of nitrogens with two attached hydrogens (primary N) is 2. The first-order chi connectivity index (χ1) is 19.4. The Labute approximate surface area is 229 Å². The van der Waals surface area contributed by atoms with E-state index in [0.717, 1.165) is 12.8 Å². The first-order valence-corrected chi connectivity index (χ1v) is 13.1. The van der Waals surface area contributed by atoms with Crippen LogP contribution in [0.5, 0.6) is 11.5 Å². The molecule has 3 heterocycles. The first-order valence-electron chi connectivity index (χ1n) is 13.1. The van der Waals surface area contributed by atoms with E-state index < -0.39 is 5.54 Å². The minimum Gasteiger partial charge on any atom is -0.457 e. The predicted molar refractivity (Wildman–Crippen MR) is 149 cm³/mol. The third kappa shape index (κ3) is 4.69. The van der Waals surface area contributed by atoms with Gasteiger partial charge in [0.1, 0.15) is 35.0 Å². The Morgan fingerprint density at radius 3 is 2.52 bits per heavy atom. The lowest BCUT2D eigenvalue weighted by molar-refractivity contribution is -0.128. The molecule has 202 valence electrons. The molecule has 6 rings (SSSR count). The fourth-order valence-corrected chi connectivity index (χ4v) is 5.16. The molecule has 0 bridgehead atoms. The van der Waals surface area contributed by atoms with Gasteiger partial charge in [-0.05, 0) is 68.2 Å². The van der Waals surface area contributed by atoms with E-state index in [-0.39, 0.29) is 35.6 Å². The van der Waals surface area contributed by atoms with Gasteiger partial charge in [-0.3, -0.25) is 13.9 Å². The molecule has 11 nitrogen and oxygen atoms in total. The number of imidazole rings is 1. The minimum absolute atomic E-state index is 0.0415. The highest BCUT2D eigenvalue weighted by Gasteiger charge is 2.38. The normalized spacial score (nSPS) is 18.4. The Morgan fingerprint density at radius 2 is 1.82 bits per heavy atom. The molecule has 1 saturated carbocycles. The van der Waals surface area contributed by atoms with Gasteiger partial charge in [-0.2, -0.15) is 5.26 Å². The number of anilines is 1. The van der Waals surface area contributed by atoms with Crippen molar-refractivity contribution in [3.05, 3.63) is 83.1 Å². The zero-order valence-corrected chi connectivity index (χ0v) is 21.7. The summed E-state index contributed by atoms with van der Waals surface area (Å²) in [6, 6.07) is 18.2. The Bertz CT molecular complexity index is 1710. The third-order valence-corrected chi connectivity index (χ3v) is 7.41. The van der Waals surface area contributed by atoms with Crippen LogP contribution >= 0.6 is 0 Å². The second-order valence-corrected chi connectivity index (χ2v) is 10.3. The Morgan fingerprint density at radius 1 is 1.10 bits per heavy atom. The molecular formula is C29H28N8O3. The second kappa shape index (κ2) is 9.98. The van der Waals surface area contributed by atoms with Gasteiger partial charge in [0.15, 0.2) is 11.5 Å². The number of nitrogen functional groups attached to an aromatic ring is 1. The van der Waals surface area contributed by atoms with Gasteiger partial charge < -0.3 is 21.1 Å². The summed E-state index contributed by atoms with van der Waals surface area (Å²) in [7, 11) is 0. The van der Waals surface area contributed by atoms with Crippen LogP contribution in [0, 0.1) is 11.3 Å². The Kier molecular flexibility index (Phi) is 6.32. The summed E-state index contributed by atoms with van der Waals surface area (Å²) in [5.74, 6) is 1.11. The van der Waals surface area contributed by atoms with Crippen LogP contribution in [-0.4, -0.2) is 48.5 Å². The molecule has 2 aromatic carbocycles. The number of likely N-dealkylation sites (tertiary alicyclic amines) is 1. The quantitative estimate of drug-likeness (QED) is 0.281. The molecule has 4 aromatic rings. The van der Waals surface area contributed by atoms with Crippen molar-refractivity contribution in [1.29, 1.82) is 5.26 Å². The number of ether oxygens (including phenoxy) is 1. The van der Waals surface area contributed by atoms with Crippen LogP contribution in [0.4, 0.5) is 5.82 Å². The molecule has 1 aliphatic heterocycles. The van der Waals surface area contributed by atoms with Crippen molar-refractivity contribution in [1.82, 2.24) is 24.0 Å². The number of carbonyl (C=O) groups excluding carboxylic acids is 1. The first kappa shape index (κ1) is 25.3. The standard InChI is InChI=1S/C29H28N8O3/c30-16-19(15-29(32)12-13-29)27(38)35-14-4-5-21(17-35)37-26-24(25(31)33-18-34-26)36(28(37)39)20-8-10-23(11-9-20)40-22-6-2-1-3-7-22/h1-3,6-11,15,18,21H,4-5,12-14,17,32H2,(H2,31,33,34). The summed E-state index contributed by atoms with van der Waals surface area (Å²) in [6.45, 7) is 0.738. The van der Waals surface area contributed by atoms with Gasteiger partial charge in [0.2, 0.25) is 0 Å². The van der Waals surface area contributed by atoms with Gasteiger partial charge >= 0.3 is 5.69 Å². The number of nitrogens with zero attached hydrogens (tertiary/aromatic N) is 6. The highest BCUT2D eigenvalue weighted by molar-refractivity contribution is 5.97. The van der Waals surface area contributed by atoms with E-state index in [9.17, 15) is 14.9 Å². The molecule has 0 radical (unpaired) electrons. The lowest BCUT2D eigenvalue weighted by Crippen LogP contribution is -2.43. The number of rotatable bonds is 6.